The molecule has 1 aliphatic heterocycles. The second kappa shape index (κ2) is 5.61. The van der Waals surface area contributed by atoms with Crippen LogP contribution in [0.3, 0.4) is 0 Å². The molecule has 1 aromatic carbocycles. The molecule has 1 saturated heterocycles. The molecule has 1 aromatic rings. The van der Waals surface area contributed by atoms with Crippen LogP contribution < -0.4 is 5.73 Å². The van der Waals surface area contributed by atoms with Crippen molar-refractivity contribution in [2.75, 3.05) is 19.6 Å². The Kier molecular flexibility index (Phi) is 4.13. The Morgan fingerprint density at radius 1 is 1.35 bits per heavy atom. The van der Waals surface area contributed by atoms with E-state index in [0.717, 1.165) is 30.8 Å². The van der Waals surface area contributed by atoms with Crippen LogP contribution in [0.1, 0.15) is 36.8 Å². The Morgan fingerprint density at radius 2 is 2.06 bits per heavy atom. The van der Waals surface area contributed by atoms with Crippen molar-refractivity contribution in [3.63, 3.8) is 0 Å². The Balaban J connectivity index is 2.08. The monoisotopic (exact) mass is 236 g/mol. The van der Waals surface area contributed by atoms with E-state index in [4.69, 9.17) is 5.73 Å². The van der Waals surface area contributed by atoms with Gasteiger partial charge in [-0.1, -0.05) is 19.1 Å². The maximum Gasteiger partial charge on any atom is 0.127 e. The summed E-state index contributed by atoms with van der Waals surface area (Å²) >= 11 is 0. The van der Waals surface area contributed by atoms with E-state index in [1.807, 2.05) is 19.1 Å². The molecule has 1 heterocycles. The number of hydrogen-bond acceptors (Lipinski definition) is 2. The van der Waals surface area contributed by atoms with Crippen molar-refractivity contribution in [1.82, 2.24) is 4.90 Å². The van der Waals surface area contributed by atoms with E-state index in [1.165, 1.54) is 12.8 Å². The van der Waals surface area contributed by atoms with Gasteiger partial charge in [0.15, 0.2) is 0 Å². The molecule has 94 valence electrons. The summed E-state index contributed by atoms with van der Waals surface area (Å²) in [5, 5.41) is 0. The predicted octanol–water partition coefficient (Wildman–Crippen LogP) is 2.48. The third kappa shape index (κ3) is 3.05. The Labute approximate surface area is 103 Å². The van der Waals surface area contributed by atoms with Crippen molar-refractivity contribution in [1.29, 1.82) is 0 Å². The fraction of sp³-hybridized carbons (Fsp3) is 0.571. The summed E-state index contributed by atoms with van der Waals surface area (Å²) in [6.07, 6.45) is 2.48. The van der Waals surface area contributed by atoms with Gasteiger partial charge < -0.3 is 5.73 Å². The first-order valence-electron chi connectivity index (χ1n) is 6.41. The smallest absolute Gasteiger partial charge is 0.127 e. The minimum Gasteiger partial charge on any atom is -0.330 e. The zero-order chi connectivity index (χ0) is 12.3. The van der Waals surface area contributed by atoms with Crippen molar-refractivity contribution in [2.24, 2.45) is 5.73 Å². The Hall–Kier alpha value is -0.930. The fourth-order valence-corrected chi connectivity index (χ4v) is 2.32. The third-order valence-electron chi connectivity index (χ3n) is 3.59. The Morgan fingerprint density at radius 3 is 2.65 bits per heavy atom. The second-order valence-electron chi connectivity index (χ2n) is 4.97. The molecule has 0 radical (unpaired) electrons. The standard InChI is InChI=1S/C14H21FN2/c1-11(9-16)12-4-5-13(14(15)8-12)10-17-6-2-3-7-17/h4-5,8,11H,2-3,6-7,9-10,16H2,1H3. The molecule has 3 heteroatoms. The van der Waals surface area contributed by atoms with Crippen LogP contribution in [0.15, 0.2) is 18.2 Å². The average molecular weight is 236 g/mol. The van der Waals surface area contributed by atoms with E-state index in [2.05, 4.69) is 4.90 Å². The lowest BCUT2D eigenvalue weighted by atomic mass is 9.99. The second-order valence-corrected chi connectivity index (χ2v) is 4.97. The van der Waals surface area contributed by atoms with Gasteiger partial charge in [-0.15, -0.1) is 0 Å². The maximum absolute atomic E-state index is 13.9. The lowest BCUT2D eigenvalue weighted by Gasteiger charge is -2.16. The van der Waals surface area contributed by atoms with E-state index in [-0.39, 0.29) is 11.7 Å². The first-order valence-corrected chi connectivity index (χ1v) is 6.41. The molecule has 2 N–H and O–H groups in total. The lowest BCUT2D eigenvalue weighted by Crippen LogP contribution is -2.19. The molecule has 1 aliphatic rings. The van der Waals surface area contributed by atoms with E-state index in [0.29, 0.717) is 6.54 Å². The van der Waals surface area contributed by atoms with Gasteiger partial charge in [-0.25, -0.2) is 4.39 Å². The summed E-state index contributed by atoms with van der Waals surface area (Å²) in [5.41, 5.74) is 7.39. The molecule has 2 rings (SSSR count). The molecule has 2 nitrogen and oxygen atoms in total. The van der Waals surface area contributed by atoms with Crippen molar-refractivity contribution in [3.05, 3.63) is 35.1 Å². The third-order valence-corrected chi connectivity index (χ3v) is 3.59. The number of benzene rings is 1. The van der Waals surface area contributed by atoms with Gasteiger partial charge in [0, 0.05) is 12.1 Å². The predicted molar refractivity (Wildman–Crippen MR) is 68.4 cm³/mol. The lowest BCUT2D eigenvalue weighted by molar-refractivity contribution is 0.325. The van der Waals surface area contributed by atoms with Crippen LogP contribution in [-0.2, 0) is 6.54 Å². The molecule has 1 fully saturated rings. The van der Waals surface area contributed by atoms with Crippen LogP contribution in [0, 0.1) is 5.82 Å². The van der Waals surface area contributed by atoms with Crippen molar-refractivity contribution >= 4 is 0 Å². The topological polar surface area (TPSA) is 29.3 Å². The van der Waals surface area contributed by atoms with Gasteiger partial charge in [0.25, 0.3) is 0 Å². The number of hydrogen-bond donors (Lipinski definition) is 1. The average Bonchev–Trinajstić information content (AvgIpc) is 2.83. The highest BCUT2D eigenvalue weighted by molar-refractivity contribution is 5.27. The zero-order valence-corrected chi connectivity index (χ0v) is 10.5. The zero-order valence-electron chi connectivity index (χ0n) is 10.5. The van der Waals surface area contributed by atoms with Gasteiger partial charge in [0.2, 0.25) is 0 Å². The van der Waals surface area contributed by atoms with Gasteiger partial charge in [-0.2, -0.15) is 0 Å². The van der Waals surface area contributed by atoms with E-state index >= 15 is 0 Å². The molecule has 1 atom stereocenters. The summed E-state index contributed by atoms with van der Waals surface area (Å²) in [7, 11) is 0. The molecule has 1 unspecified atom stereocenters. The fourth-order valence-electron chi connectivity index (χ4n) is 2.32. The Bertz CT molecular complexity index is 372. The number of likely N-dealkylation sites (tertiary alicyclic amines) is 1. The molecule has 0 aliphatic carbocycles. The summed E-state index contributed by atoms with van der Waals surface area (Å²) in [6.45, 7) is 5.52. The summed E-state index contributed by atoms with van der Waals surface area (Å²) in [4.78, 5) is 2.31. The minimum absolute atomic E-state index is 0.0882. The first-order chi connectivity index (χ1) is 8.20. The van der Waals surface area contributed by atoms with Gasteiger partial charge >= 0.3 is 0 Å². The number of halogens is 1. The van der Waals surface area contributed by atoms with Crippen molar-refractivity contribution in [2.45, 2.75) is 32.2 Å². The van der Waals surface area contributed by atoms with Gasteiger partial charge in [-0.3, -0.25) is 4.90 Å². The van der Waals surface area contributed by atoms with Crippen LogP contribution in [0.4, 0.5) is 4.39 Å². The van der Waals surface area contributed by atoms with Crippen LogP contribution in [0.25, 0.3) is 0 Å². The molecular weight excluding hydrogens is 215 g/mol. The first kappa shape index (κ1) is 12.5. The van der Waals surface area contributed by atoms with Crippen LogP contribution >= 0.6 is 0 Å². The van der Waals surface area contributed by atoms with Gasteiger partial charge in [-0.05, 0) is 50.0 Å². The molecule has 0 amide bonds. The van der Waals surface area contributed by atoms with Crippen LogP contribution in [0.2, 0.25) is 0 Å². The SMILES string of the molecule is CC(CN)c1ccc(CN2CCCC2)c(F)c1. The minimum atomic E-state index is -0.0882. The molecule has 0 bridgehead atoms. The number of rotatable bonds is 4. The quantitative estimate of drug-likeness (QED) is 0.870. The molecule has 0 saturated carbocycles. The molecule has 0 aromatic heterocycles. The largest absolute Gasteiger partial charge is 0.330 e. The maximum atomic E-state index is 13.9. The van der Waals surface area contributed by atoms with Crippen molar-refractivity contribution in [3.8, 4) is 0 Å². The summed E-state index contributed by atoms with van der Waals surface area (Å²) in [6, 6.07) is 5.56. The van der Waals surface area contributed by atoms with Crippen LogP contribution in [0.5, 0.6) is 0 Å². The molecule has 17 heavy (non-hydrogen) atoms. The number of nitrogens with zero attached hydrogens (tertiary/aromatic N) is 1. The van der Waals surface area contributed by atoms with Crippen LogP contribution in [-0.4, -0.2) is 24.5 Å². The highest BCUT2D eigenvalue weighted by Crippen LogP contribution is 2.20. The molecule has 0 spiro atoms. The van der Waals surface area contributed by atoms with E-state index in [9.17, 15) is 4.39 Å². The summed E-state index contributed by atoms with van der Waals surface area (Å²) < 4.78 is 13.9. The van der Waals surface area contributed by atoms with E-state index < -0.39 is 0 Å². The summed E-state index contributed by atoms with van der Waals surface area (Å²) in [5.74, 6) is 0.139. The number of nitrogens with two attached hydrogens (primary N) is 1. The molecular formula is C14H21FN2. The van der Waals surface area contributed by atoms with Gasteiger partial charge in [0.05, 0.1) is 0 Å². The highest BCUT2D eigenvalue weighted by Gasteiger charge is 2.14. The van der Waals surface area contributed by atoms with Crippen molar-refractivity contribution < 1.29 is 4.39 Å². The highest BCUT2D eigenvalue weighted by atomic mass is 19.1. The van der Waals surface area contributed by atoms with E-state index in [1.54, 1.807) is 6.07 Å². The normalized spacial score (nSPS) is 18.5. The van der Waals surface area contributed by atoms with Gasteiger partial charge in [0.1, 0.15) is 5.82 Å².